The van der Waals surface area contributed by atoms with Gasteiger partial charge in [0, 0.05) is 28.9 Å². The lowest BCUT2D eigenvalue weighted by atomic mass is 9.35. The Labute approximate surface area is 323 Å². The summed E-state index contributed by atoms with van der Waals surface area (Å²) in [5, 5.41) is 22.4. The first-order valence-corrected chi connectivity index (χ1v) is 21.3. The number of phenols is 1. The fourth-order valence-electron chi connectivity index (χ4n) is 14.5. The molecule has 0 unspecified atom stereocenters. The molecule has 0 radical (unpaired) electrons. The number of rotatable bonds is 9. The van der Waals surface area contributed by atoms with Crippen molar-refractivity contribution >= 4 is 17.3 Å². The number of aromatic hydroxyl groups is 1. The van der Waals surface area contributed by atoms with E-state index in [4.69, 9.17) is 10.5 Å². The van der Waals surface area contributed by atoms with Gasteiger partial charge in [-0.15, -0.1) is 0 Å². The highest BCUT2D eigenvalue weighted by Crippen LogP contribution is 2.75. The van der Waals surface area contributed by atoms with Crippen LogP contribution in [-0.2, 0) is 14.3 Å². The number of epoxide rings is 1. The van der Waals surface area contributed by atoms with Gasteiger partial charge in [0.05, 0.1) is 11.7 Å². The minimum absolute atomic E-state index is 0.0181. The molecule has 4 N–H and O–H groups in total. The molecule has 1 saturated heterocycles. The quantitative estimate of drug-likeness (QED) is 0.175. The van der Waals surface area contributed by atoms with Crippen LogP contribution in [0.5, 0.6) is 5.75 Å². The second-order valence-electron chi connectivity index (χ2n) is 20.2. The van der Waals surface area contributed by atoms with Crippen molar-refractivity contribution < 1.29 is 24.5 Å². The van der Waals surface area contributed by atoms with E-state index in [1.54, 1.807) is 12.1 Å². The van der Waals surface area contributed by atoms with Crippen molar-refractivity contribution in [2.45, 2.75) is 155 Å². The van der Waals surface area contributed by atoms with Gasteiger partial charge in [-0.1, -0.05) is 84.2 Å². The molecular formula is C48H65NO5. The van der Waals surface area contributed by atoms with E-state index in [1.807, 2.05) is 24.3 Å². The number of ketones is 2. The molecular weight excluding hydrogens is 671 g/mol. The van der Waals surface area contributed by atoms with Crippen LogP contribution in [0, 0.1) is 45.3 Å². The Hall–Kier alpha value is -2.96. The van der Waals surface area contributed by atoms with Gasteiger partial charge in [-0.25, -0.2) is 0 Å². The molecule has 0 spiro atoms. The van der Waals surface area contributed by atoms with Crippen LogP contribution < -0.4 is 5.73 Å². The number of aliphatic hydroxyl groups excluding tert-OH is 1. The number of hydrogen-bond acceptors (Lipinski definition) is 6. The summed E-state index contributed by atoms with van der Waals surface area (Å²) >= 11 is 0. The minimum Gasteiger partial charge on any atom is -0.508 e. The summed E-state index contributed by atoms with van der Waals surface area (Å²) in [4.78, 5) is 28.8. The van der Waals surface area contributed by atoms with Crippen LogP contribution in [0.4, 0.5) is 5.69 Å². The average Bonchev–Trinajstić information content (AvgIpc) is 3.42. The molecule has 0 aromatic heterocycles. The lowest BCUT2D eigenvalue weighted by molar-refractivity contribution is -0.183. The Kier molecular flexibility index (Phi) is 9.17. The fourth-order valence-corrected chi connectivity index (χ4v) is 14.5. The first-order chi connectivity index (χ1) is 25.5. The van der Waals surface area contributed by atoms with Crippen molar-refractivity contribution in [1.29, 1.82) is 0 Å². The van der Waals surface area contributed by atoms with Crippen molar-refractivity contribution in [3.8, 4) is 5.75 Å². The number of carbonyl (C=O) groups excluding carboxylic acids is 2. The molecule has 5 fully saturated rings. The third-order valence-corrected chi connectivity index (χ3v) is 17.2. The van der Waals surface area contributed by atoms with Crippen LogP contribution in [0.2, 0.25) is 0 Å². The molecule has 0 bridgehead atoms. The molecule has 5 aliphatic carbocycles. The Bertz CT molecular complexity index is 1860. The number of fused-ring (bicyclic) bond motifs is 5. The fraction of sp³-hybridized carbons (Fsp3) is 0.667. The molecule has 2 aromatic carbocycles. The number of nitrogens with two attached hydrogens (primary N) is 1. The third-order valence-electron chi connectivity index (χ3n) is 17.2. The van der Waals surface area contributed by atoms with Gasteiger partial charge >= 0.3 is 0 Å². The SMILES string of the molecule is CCC[C@H](C[C@@H](O)[C@H]1O[C@]1(C)[C@H]1CCC[C@@H]1c1cccc(N)c1)C1=C2CC[C@@H]3[C@]4(C)C[C@@H](c5cccc(O)c5)C(=O)C(C)(C)[C@@H]4CC[C@]3(C)[C@@]2(C)CC1=O. The van der Waals surface area contributed by atoms with Crippen LogP contribution in [0.15, 0.2) is 59.7 Å². The lowest BCUT2D eigenvalue weighted by Gasteiger charge is -2.68. The van der Waals surface area contributed by atoms with Crippen LogP contribution in [0.1, 0.15) is 148 Å². The van der Waals surface area contributed by atoms with Gasteiger partial charge in [-0.05, 0) is 146 Å². The molecule has 6 heteroatoms. The molecule has 2 aromatic rings. The highest BCUT2D eigenvalue weighted by Gasteiger charge is 2.69. The first-order valence-electron chi connectivity index (χ1n) is 21.3. The van der Waals surface area contributed by atoms with E-state index in [0.717, 1.165) is 81.0 Å². The summed E-state index contributed by atoms with van der Waals surface area (Å²) < 4.78 is 6.53. The number of carbonyl (C=O) groups is 2. The molecule has 0 amide bonds. The topological polar surface area (TPSA) is 113 Å². The number of nitrogen functional groups attached to an aromatic ring is 1. The van der Waals surface area contributed by atoms with E-state index < -0.39 is 11.5 Å². The van der Waals surface area contributed by atoms with E-state index in [0.29, 0.717) is 42.2 Å². The van der Waals surface area contributed by atoms with Gasteiger partial charge in [0.2, 0.25) is 0 Å². The number of benzene rings is 2. The summed E-state index contributed by atoms with van der Waals surface area (Å²) in [5.74, 6) is 1.91. The van der Waals surface area contributed by atoms with Gasteiger partial charge in [0.25, 0.3) is 0 Å². The molecule has 54 heavy (non-hydrogen) atoms. The third kappa shape index (κ3) is 5.53. The number of aliphatic hydroxyl groups is 1. The molecule has 4 saturated carbocycles. The van der Waals surface area contributed by atoms with E-state index in [9.17, 15) is 19.8 Å². The number of anilines is 1. The number of Topliss-reactive ketones (excluding diaryl/α,β-unsaturated/α-hetero) is 2. The molecule has 1 aliphatic heterocycles. The van der Waals surface area contributed by atoms with Crippen molar-refractivity contribution in [3.63, 3.8) is 0 Å². The first kappa shape index (κ1) is 37.9. The summed E-state index contributed by atoms with van der Waals surface area (Å²) in [6.07, 6.45) is 10.1. The molecule has 6 nitrogen and oxygen atoms in total. The van der Waals surface area contributed by atoms with Crippen molar-refractivity contribution in [2.75, 3.05) is 5.73 Å². The van der Waals surface area contributed by atoms with Crippen molar-refractivity contribution in [3.05, 3.63) is 70.8 Å². The Morgan fingerprint density at radius 1 is 0.926 bits per heavy atom. The standard InChI is InChI=1S/C48H65NO5/c1-8-12-30(25-37(51)43-48(7,54-43)35-18-11-17-33(35)28-13-9-15-31(49)23-28)41-36-19-20-40-45(4)26-34(29-14-10-16-32(50)24-29)42(53)44(2,3)39(45)21-22-46(40,5)47(36,6)27-38(41)52/h9-10,13-16,23-24,30,33-35,37,39-40,43,50-51H,8,11-12,17-22,25-27,49H2,1-7H3/t30-,33-,34+,35+,37-,39+,40-,43-,45-,46+,47+,48-/m1/s1. The van der Waals surface area contributed by atoms with E-state index >= 15 is 0 Å². The smallest absolute Gasteiger partial charge is 0.160 e. The number of allylic oxidation sites excluding steroid dienone is 2. The Morgan fingerprint density at radius 3 is 2.39 bits per heavy atom. The Balaban J connectivity index is 1.06. The van der Waals surface area contributed by atoms with Gasteiger partial charge in [-0.2, -0.15) is 0 Å². The summed E-state index contributed by atoms with van der Waals surface area (Å²) in [5.41, 5.74) is 10.3. The highest BCUT2D eigenvalue weighted by molar-refractivity contribution is 6.00. The number of ether oxygens (including phenoxy) is 1. The number of hydrogen-bond donors (Lipinski definition) is 3. The normalized spacial score (nSPS) is 40.9. The summed E-state index contributed by atoms with van der Waals surface area (Å²) in [7, 11) is 0. The van der Waals surface area contributed by atoms with Gasteiger partial charge in [0.1, 0.15) is 17.6 Å². The maximum Gasteiger partial charge on any atom is 0.160 e. The molecule has 6 aliphatic rings. The van der Waals surface area contributed by atoms with Gasteiger partial charge < -0.3 is 20.7 Å². The van der Waals surface area contributed by atoms with E-state index in [2.05, 4.69) is 60.6 Å². The largest absolute Gasteiger partial charge is 0.508 e. The van der Waals surface area contributed by atoms with Crippen molar-refractivity contribution in [2.24, 2.45) is 45.3 Å². The zero-order valence-corrected chi connectivity index (χ0v) is 33.9. The summed E-state index contributed by atoms with van der Waals surface area (Å²) in [6.45, 7) is 16.1. The van der Waals surface area contributed by atoms with Gasteiger partial charge in [-0.3, -0.25) is 9.59 Å². The second kappa shape index (κ2) is 13.0. The zero-order chi connectivity index (χ0) is 38.6. The van der Waals surface area contributed by atoms with Crippen LogP contribution in [0.3, 0.4) is 0 Å². The van der Waals surface area contributed by atoms with Crippen LogP contribution in [0.25, 0.3) is 0 Å². The summed E-state index contributed by atoms with van der Waals surface area (Å²) in [6, 6.07) is 15.6. The second-order valence-corrected chi connectivity index (χ2v) is 20.2. The van der Waals surface area contributed by atoms with Gasteiger partial charge in [0.15, 0.2) is 5.78 Å². The predicted octanol–water partition coefficient (Wildman–Crippen LogP) is 10.1. The van der Waals surface area contributed by atoms with Crippen LogP contribution in [-0.4, -0.2) is 39.6 Å². The predicted molar refractivity (Wildman–Crippen MR) is 214 cm³/mol. The minimum atomic E-state index is -0.626. The number of phenolic OH excluding ortho intramolecular Hbond substituents is 1. The van der Waals surface area contributed by atoms with E-state index in [-0.39, 0.29) is 51.5 Å². The van der Waals surface area contributed by atoms with E-state index in [1.165, 1.54) is 11.1 Å². The average molecular weight is 736 g/mol. The van der Waals surface area contributed by atoms with Crippen LogP contribution >= 0.6 is 0 Å². The Morgan fingerprint density at radius 2 is 1.67 bits per heavy atom. The highest BCUT2D eigenvalue weighted by atomic mass is 16.6. The molecule has 12 atom stereocenters. The maximum atomic E-state index is 14.5. The molecule has 292 valence electrons. The lowest BCUT2D eigenvalue weighted by Crippen LogP contribution is -2.63. The molecule has 1 heterocycles. The monoisotopic (exact) mass is 735 g/mol. The maximum absolute atomic E-state index is 14.5. The van der Waals surface area contributed by atoms with Crippen molar-refractivity contribution in [1.82, 2.24) is 0 Å². The molecule has 8 rings (SSSR count). The zero-order valence-electron chi connectivity index (χ0n) is 33.9.